The Morgan fingerprint density at radius 2 is 2.05 bits per heavy atom. The minimum atomic E-state index is -0.0691. The normalized spacial score (nSPS) is 13.6. The van der Waals surface area contributed by atoms with Crippen LogP contribution < -0.4 is 5.73 Å². The average molecular weight is 344 g/mol. The third kappa shape index (κ3) is 5.02. The summed E-state index contributed by atoms with van der Waals surface area (Å²) in [6, 6.07) is -0.0691. The second kappa shape index (κ2) is 6.85. The first-order valence-electron chi connectivity index (χ1n) is 7.13. The molecule has 20 heavy (non-hydrogen) atoms. The first kappa shape index (κ1) is 17.4. The fourth-order valence-corrected chi connectivity index (χ4v) is 2.87. The zero-order chi connectivity index (χ0) is 15.5. The third-order valence-corrected chi connectivity index (χ3v) is 4.21. The van der Waals surface area contributed by atoms with E-state index < -0.39 is 0 Å². The van der Waals surface area contributed by atoms with Crippen molar-refractivity contribution in [3.8, 4) is 0 Å². The average Bonchev–Trinajstić information content (AvgIpc) is 2.53. The Morgan fingerprint density at radius 3 is 2.55 bits per heavy atom. The van der Waals surface area contributed by atoms with Crippen LogP contribution in [-0.4, -0.2) is 21.6 Å². The molecule has 0 saturated heterocycles. The number of halogens is 1. The molecule has 114 valence electrons. The Kier molecular flexibility index (Phi) is 5.95. The van der Waals surface area contributed by atoms with Crippen LogP contribution in [0.5, 0.6) is 0 Å². The largest absolute Gasteiger partial charge is 0.327 e. The smallest absolute Gasteiger partial charge is 0.140 e. The van der Waals surface area contributed by atoms with Crippen molar-refractivity contribution in [3.63, 3.8) is 0 Å². The van der Waals surface area contributed by atoms with Gasteiger partial charge in [-0.3, -0.25) is 9.48 Å². The van der Waals surface area contributed by atoms with E-state index in [2.05, 4.69) is 41.8 Å². The summed E-state index contributed by atoms with van der Waals surface area (Å²) in [5.41, 5.74) is 8.11. The molecule has 0 aliphatic rings. The molecule has 1 atom stereocenters. The van der Waals surface area contributed by atoms with Gasteiger partial charge in [-0.1, -0.05) is 20.8 Å². The zero-order valence-corrected chi connectivity index (χ0v) is 14.7. The highest BCUT2D eigenvalue weighted by Crippen LogP contribution is 2.24. The van der Waals surface area contributed by atoms with E-state index in [0.29, 0.717) is 12.8 Å². The van der Waals surface area contributed by atoms with E-state index in [4.69, 9.17) is 5.73 Å². The topological polar surface area (TPSA) is 60.9 Å². The zero-order valence-electron chi connectivity index (χ0n) is 13.2. The molecule has 1 heterocycles. The molecule has 1 aromatic heterocycles. The molecule has 1 unspecified atom stereocenters. The summed E-state index contributed by atoms with van der Waals surface area (Å²) in [6.45, 7) is 11.2. The summed E-state index contributed by atoms with van der Waals surface area (Å²) in [5.74, 6) is 0.178. The number of carbonyl (C=O) groups excluding carboxylic acids is 1. The molecule has 0 spiro atoms. The minimum Gasteiger partial charge on any atom is -0.327 e. The van der Waals surface area contributed by atoms with Crippen LogP contribution in [0.2, 0.25) is 0 Å². The number of ketones is 1. The van der Waals surface area contributed by atoms with Gasteiger partial charge in [0.25, 0.3) is 0 Å². The van der Waals surface area contributed by atoms with Gasteiger partial charge in [-0.25, -0.2) is 0 Å². The van der Waals surface area contributed by atoms with E-state index in [1.807, 2.05) is 18.5 Å². The molecular formula is C15H26BrN3O. The molecule has 1 aromatic rings. The van der Waals surface area contributed by atoms with Crippen LogP contribution in [-0.2, 0) is 17.8 Å². The van der Waals surface area contributed by atoms with Crippen molar-refractivity contribution in [2.75, 3.05) is 0 Å². The number of hydrogen-bond donors (Lipinski definition) is 1. The van der Waals surface area contributed by atoms with E-state index in [1.54, 1.807) is 0 Å². The van der Waals surface area contributed by atoms with Gasteiger partial charge in [0.15, 0.2) is 0 Å². The molecule has 0 aliphatic carbocycles. The maximum atomic E-state index is 12.2. The summed E-state index contributed by atoms with van der Waals surface area (Å²) in [5, 5.41) is 4.41. The quantitative estimate of drug-likeness (QED) is 0.862. The first-order chi connectivity index (χ1) is 9.14. The maximum absolute atomic E-state index is 12.2. The minimum absolute atomic E-state index is 0.0691. The van der Waals surface area contributed by atoms with Crippen LogP contribution in [0.4, 0.5) is 0 Å². The maximum Gasteiger partial charge on any atom is 0.140 e. The Labute approximate surface area is 130 Å². The van der Waals surface area contributed by atoms with Crippen LogP contribution in [0.3, 0.4) is 0 Å². The third-order valence-electron chi connectivity index (χ3n) is 3.18. The van der Waals surface area contributed by atoms with Crippen molar-refractivity contribution < 1.29 is 4.79 Å². The molecule has 2 N–H and O–H groups in total. The molecule has 0 aliphatic heterocycles. The van der Waals surface area contributed by atoms with Gasteiger partial charge in [0.1, 0.15) is 5.78 Å². The second-order valence-electron chi connectivity index (χ2n) is 6.61. The van der Waals surface area contributed by atoms with Crippen LogP contribution in [0, 0.1) is 12.3 Å². The molecule has 0 saturated carbocycles. The molecule has 1 rings (SSSR count). The Morgan fingerprint density at radius 1 is 1.45 bits per heavy atom. The molecular weight excluding hydrogens is 318 g/mol. The Hall–Kier alpha value is -0.680. The number of carbonyl (C=O) groups is 1. The lowest BCUT2D eigenvalue weighted by Gasteiger charge is -2.22. The highest BCUT2D eigenvalue weighted by Gasteiger charge is 2.20. The van der Waals surface area contributed by atoms with E-state index in [1.165, 1.54) is 0 Å². The van der Waals surface area contributed by atoms with Crippen LogP contribution >= 0.6 is 15.9 Å². The van der Waals surface area contributed by atoms with Crippen molar-refractivity contribution >= 4 is 21.7 Å². The molecule has 0 bridgehead atoms. The lowest BCUT2D eigenvalue weighted by atomic mass is 9.86. The van der Waals surface area contributed by atoms with E-state index in [0.717, 1.165) is 28.8 Å². The molecule has 0 aromatic carbocycles. The number of hydrogen-bond acceptors (Lipinski definition) is 3. The van der Waals surface area contributed by atoms with Gasteiger partial charge in [-0.2, -0.15) is 5.10 Å². The summed E-state index contributed by atoms with van der Waals surface area (Å²) >= 11 is 3.52. The number of Topliss-reactive ketones (excluding diaryl/α,β-unsaturated/α-hetero) is 1. The van der Waals surface area contributed by atoms with Gasteiger partial charge in [-0.05, 0) is 41.6 Å². The summed E-state index contributed by atoms with van der Waals surface area (Å²) in [7, 11) is 0. The summed E-state index contributed by atoms with van der Waals surface area (Å²) in [4.78, 5) is 12.2. The van der Waals surface area contributed by atoms with Gasteiger partial charge in [0.2, 0.25) is 0 Å². The van der Waals surface area contributed by atoms with E-state index >= 15 is 0 Å². The van der Waals surface area contributed by atoms with Crippen molar-refractivity contribution in [2.45, 2.75) is 66.5 Å². The van der Waals surface area contributed by atoms with E-state index in [9.17, 15) is 4.79 Å². The Balaban J connectivity index is 2.67. The standard InChI is InChI=1S/C15H26BrN3O/c1-6-19-13(14(16)10(2)18-19)8-12(20)7-11(17)9-15(3,4)5/h11H,6-9,17H2,1-5H3. The lowest BCUT2D eigenvalue weighted by molar-refractivity contribution is -0.119. The monoisotopic (exact) mass is 343 g/mol. The molecule has 0 fully saturated rings. The van der Waals surface area contributed by atoms with Crippen molar-refractivity contribution in [1.82, 2.24) is 9.78 Å². The number of nitrogens with two attached hydrogens (primary N) is 1. The van der Waals surface area contributed by atoms with Crippen LogP contribution in [0.15, 0.2) is 4.47 Å². The highest BCUT2D eigenvalue weighted by atomic mass is 79.9. The van der Waals surface area contributed by atoms with Gasteiger partial charge >= 0.3 is 0 Å². The van der Waals surface area contributed by atoms with Gasteiger partial charge in [0.05, 0.1) is 15.9 Å². The van der Waals surface area contributed by atoms with Crippen molar-refractivity contribution in [3.05, 3.63) is 15.9 Å². The lowest BCUT2D eigenvalue weighted by Crippen LogP contribution is -2.29. The summed E-state index contributed by atoms with van der Waals surface area (Å²) < 4.78 is 2.82. The van der Waals surface area contributed by atoms with Crippen LogP contribution in [0.1, 0.15) is 51.9 Å². The first-order valence-corrected chi connectivity index (χ1v) is 7.92. The Bertz CT molecular complexity index is 474. The molecule has 5 heteroatoms. The molecule has 4 nitrogen and oxygen atoms in total. The van der Waals surface area contributed by atoms with Crippen LogP contribution in [0.25, 0.3) is 0 Å². The molecule has 0 amide bonds. The SMILES string of the molecule is CCn1nc(C)c(Br)c1CC(=O)CC(N)CC(C)(C)C. The van der Waals surface area contributed by atoms with Gasteiger partial charge < -0.3 is 5.73 Å². The van der Waals surface area contributed by atoms with E-state index in [-0.39, 0.29) is 17.2 Å². The van der Waals surface area contributed by atoms with Crippen molar-refractivity contribution in [1.29, 1.82) is 0 Å². The number of nitrogens with zero attached hydrogens (tertiary/aromatic N) is 2. The highest BCUT2D eigenvalue weighted by molar-refractivity contribution is 9.10. The predicted octanol–water partition coefficient (Wildman–Crippen LogP) is 3.24. The van der Waals surface area contributed by atoms with Gasteiger partial charge in [0, 0.05) is 25.4 Å². The van der Waals surface area contributed by atoms with Crippen molar-refractivity contribution in [2.24, 2.45) is 11.1 Å². The molecule has 0 radical (unpaired) electrons. The summed E-state index contributed by atoms with van der Waals surface area (Å²) in [6.07, 6.45) is 1.68. The fraction of sp³-hybridized carbons (Fsp3) is 0.733. The second-order valence-corrected chi connectivity index (χ2v) is 7.40. The number of aromatic nitrogens is 2. The number of rotatable bonds is 6. The van der Waals surface area contributed by atoms with Gasteiger partial charge in [-0.15, -0.1) is 0 Å². The fourth-order valence-electron chi connectivity index (χ4n) is 2.45. The predicted molar refractivity (Wildman–Crippen MR) is 85.7 cm³/mol. The number of aryl methyl sites for hydroxylation is 2.